The number of carbonyl (C=O) groups excluding carboxylic acids is 1. The van der Waals surface area contributed by atoms with E-state index in [1.54, 1.807) is 0 Å². The summed E-state index contributed by atoms with van der Waals surface area (Å²) in [7, 11) is 0. The molecule has 1 heterocycles. The van der Waals surface area contributed by atoms with Gasteiger partial charge in [0.15, 0.2) is 0 Å². The van der Waals surface area contributed by atoms with E-state index in [9.17, 15) is 15.3 Å². The van der Waals surface area contributed by atoms with Gasteiger partial charge >= 0.3 is 0 Å². The Labute approximate surface area is 117 Å². The second-order valence-corrected chi connectivity index (χ2v) is 6.18. The summed E-state index contributed by atoms with van der Waals surface area (Å²) in [4.78, 5) is 12.1. The molecule has 0 saturated heterocycles. The molecule has 1 amide bonds. The number of nitrogens with zero attached hydrogens (tertiary/aromatic N) is 2. The summed E-state index contributed by atoms with van der Waals surface area (Å²) in [5, 5.41) is 22.3. The Kier molecular flexibility index (Phi) is 4.17. The fraction of sp³-hybridized carbons (Fsp3) is 0.643. The molecule has 2 aliphatic rings. The van der Waals surface area contributed by atoms with Gasteiger partial charge in [0.25, 0.3) is 0 Å². The van der Waals surface area contributed by atoms with Gasteiger partial charge in [0.2, 0.25) is 5.91 Å². The fourth-order valence-electron chi connectivity index (χ4n) is 3.07. The van der Waals surface area contributed by atoms with Crippen molar-refractivity contribution < 1.29 is 4.79 Å². The molecule has 1 atom stereocenters. The summed E-state index contributed by atoms with van der Waals surface area (Å²) in [5.74, 6) is -0.0775. The van der Waals surface area contributed by atoms with Crippen molar-refractivity contribution in [2.45, 2.75) is 39.0 Å². The average Bonchev–Trinajstić information content (AvgIpc) is 2.86. The Balaban J connectivity index is 2.47. The number of hydrogen-bond donors (Lipinski definition) is 1. The zero-order valence-electron chi connectivity index (χ0n) is 11.0. The SMILES string of the molecule is CCCSC1=C(C#N)C2(CCCC2)[C@@H](C#N)C(=O)N1. The topological polar surface area (TPSA) is 76.7 Å². The van der Waals surface area contributed by atoms with Crippen molar-refractivity contribution in [3.05, 3.63) is 10.6 Å². The van der Waals surface area contributed by atoms with Crippen molar-refractivity contribution in [3.8, 4) is 12.1 Å². The summed E-state index contributed by atoms with van der Waals surface area (Å²) in [6.07, 6.45) is 4.51. The summed E-state index contributed by atoms with van der Waals surface area (Å²) < 4.78 is 0. The molecule has 0 aromatic rings. The maximum absolute atomic E-state index is 12.1. The molecule has 1 saturated carbocycles. The van der Waals surface area contributed by atoms with Gasteiger partial charge in [-0.3, -0.25) is 4.79 Å². The second-order valence-electron chi connectivity index (χ2n) is 5.08. The van der Waals surface area contributed by atoms with E-state index in [1.165, 1.54) is 11.8 Å². The van der Waals surface area contributed by atoms with Crippen molar-refractivity contribution in [3.63, 3.8) is 0 Å². The normalized spacial score (nSPS) is 25.0. The van der Waals surface area contributed by atoms with Crippen LogP contribution in [0.3, 0.4) is 0 Å². The monoisotopic (exact) mass is 275 g/mol. The van der Waals surface area contributed by atoms with Crippen LogP contribution in [-0.4, -0.2) is 11.7 Å². The van der Waals surface area contributed by atoms with E-state index in [4.69, 9.17) is 0 Å². The molecule has 0 aromatic carbocycles. The summed E-state index contributed by atoms with van der Waals surface area (Å²) >= 11 is 1.52. The first-order valence-corrected chi connectivity index (χ1v) is 7.66. The number of thioether (sulfide) groups is 1. The molecule has 4 nitrogen and oxygen atoms in total. The fourth-order valence-corrected chi connectivity index (χ4v) is 4.04. The molecule has 1 spiro atoms. The lowest BCUT2D eigenvalue weighted by Gasteiger charge is -2.37. The molecular formula is C14H17N3OS. The van der Waals surface area contributed by atoms with Crippen molar-refractivity contribution in [1.82, 2.24) is 5.32 Å². The van der Waals surface area contributed by atoms with E-state index < -0.39 is 11.3 Å². The van der Waals surface area contributed by atoms with Crippen LogP contribution in [0, 0.1) is 34.0 Å². The minimum atomic E-state index is -0.712. The van der Waals surface area contributed by atoms with Gasteiger partial charge in [0, 0.05) is 5.41 Å². The van der Waals surface area contributed by atoms with Crippen molar-refractivity contribution in [2.24, 2.45) is 11.3 Å². The van der Waals surface area contributed by atoms with Crippen LogP contribution in [0.4, 0.5) is 0 Å². The highest BCUT2D eigenvalue weighted by Gasteiger charge is 2.52. The third kappa shape index (κ3) is 2.24. The molecule has 1 fully saturated rings. The van der Waals surface area contributed by atoms with Gasteiger partial charge < -0.3 is 5.32 Å². The van der Waals surface area contributed by atoms with Crippen LogP contribution in [0.5, 0.6) is 0 Å². The lowest BCUT2D eigenvalue weighted by molar-refractivity contribution is -0.126. The van der Waals surface area contributed by atoms with Gasteiger partial charge in [-0.05, 0) is 25.0 Å². The number of amides is 1. The number of hydrogen-bond acceptors (Lipinski definition) is 4. The van der Waals surface area contributed by atoms with Crippen LogP contribution in [0.2, 0.25) is 0 Å². The second kappa shape index (κ2) is 5.67. The Morgan fingerprint density at radius 2 is 2.11 bits per heavy atom. The zero-order chi connectivity index (χ0) is 13.9. The molecule has 1 aliphatic carbocycles. The number of rotatable bonds is 3. The van der Waals surface area contributed by atoms with Crippen molar-refractivity contribution in [1.29, 1.82) is 10.5 Å². The smallest absolute Gasteiger partial charge is 0.243 e. The molecule has 5 heteroatoms. The highest BCUT2D eigenvalue weighted by molar-refractivity contribution is 8.03. The maximum Gasteiger partial charge on any atom is 0.243 e. The molecule has 0 unspecified atom stereocenters. The third-order valence-corrected chi connectivity index (χ3v) is 5.17. The van der Waals surface area contributed by atoms with E-state index in [-0.39, 0.29) is 5.91 Å². The van der Waals surface area contributed by atoms with Gasteiger partial charge in [-0.25, -0.2) is 0 Å². The molecule has 0 radical (unpaired) electrons. The van der Waals surface area contributed by atoms with Crippen LogP contribution in [0.25, 0.3) is 0 Å². The predicted molar refractivity (Wildman–Crippen MR) is 73.5 cm³/mol. The molecular weight excluding hydrogens is 258 g/mol. The minimum Gasteiger partial charge on any atom is -0.319 e. The molecule has 2 rings (SSSR count). The standard InChI is InChI=1S/C14H17N3OS/c1-2-7-19-13-11(9-16)14(5-3-4-6-14)10(8-15)12(18)17-13/h10H,2-7H2,1H3,(H,17,18)/t10-/m0/s1. The number of allylic oxidation sites excluding steroid dienone is 1. The Morgan fingerprint density at radius 3 is 2.63 bits per heavy atom. The first-order chi connectivity index (χ1) is 9.19. The van der Waals surface area contributed by atoms with Gasteiger partial charge in [-0.2, -0.15) is 10.5 Å². The highest BCUT2D eigenvalue weighted by atomic mass is 32.2. The van der Waals surface area contributed by atoms with Crippen molar-refractivity contribution >= 4 is 17.7 Å². The molecule has 0 aromatic heterocycles. The van der Waals surface area contributed by atoms with E-state index >= 15 is 0 Å². The van der Waals surface area contributed by atoms with Crippen LogP contribution in [0.1, 0.15) is 39.0 Å². The summed E-state index contributed by atoms with van der Waals surface area (Å²) in [6, 6.07) is 4.39. The van der Waals surface area contributed by atoms with E-state index in [0.717, 1.165) is 37.9 Å². The van der Waals surface area contributed by atoms with Crippen molar-refractivity contribution in [2.75, 3.05) is 5.75 Å². The largest absolute Gasteiger partial charge is 0.319 e. The van der Waals surface area contributed by atoms with E-state index in [2.05, 4.69) is 24.4 Å². The highest BCUT2D eigenvalue weighted by Crippen LogP contribution is 2.53. The lowest BCUT2D eigenvalue weighted by atomic mass is 9.67. The molecule has 19 heavy (non-hydrogen) atoms. The number of nitrogens with one attached hydrogen (secondary N) is 1. The molecule has 1 N–H and O–H groups in total. The Hall–Kier alpha value is -1.46. The van der Waals surface area contributed by atoms with Gasteiger partial charge in [0.05, 0.1) is 22.7 Å². The molecule has 1 aliphatic heterocycles. The van der Waals surface area contributed by atoms with Gasteiger partial charge in [-0.15, -0.1) is 11.8 Å². The van der Waals surface area contributed by atoms with Gasteiger partial charge in [0.1, 0.15) is 5.92 Å². The first kappa shape index (κ1) is 14.0. The van der Waals surface area contributed by atoms with Crippen LogP contribution >= 0.6 is 11.8 Å². The van der Waals surface area contributed by atoms with Crippen LogP contribution in [-0.2, 0) is 4.79 Å². The third-order valence-electron chi connectivity index (χ3n) is 3.96. The predicted octanol–water partition coefficient (Wildman–Crippen LogP) is 2.69. The Bertz CT molecular complexity index is 492. The summed E-state index contributed by atoms with van der Waals surface area (Å²) in [6.45, 7) is 2.06. The van der Waals surface area contributed by atoms with Crippen LogP contribution < -0.4 is 5.32 Å². The average molecular weight is 275 g/mol. The van der Waals surface area contributed by atoms with E-state index in [0.29, 0.717) is 10.6 Å². The zero-order valence-corrected chi connectivity index (χ0v) is 11.8. The van der Waals surface area contributed by atoms with Crippen LogP contribution in [0.15, 0.2) is 10.6 Å². The van der Waals surface area contributed by atoms with Gasteiger partial charge in [-0.1, -0.05) is 19.8 Å². The van der Waals surface area contributed by atoms with E-state index in [1.807, 2.05) is 0 Å². The quantitative estimate of drug-likeness (QED) is 0.859. The first-order valence-electron chi connectivity index (χ1n) is 6.67. The number of nitriles is 2. The molecule has 0 bridgehead atoms. The lowest BCUT2D eigenvalue weighted by Crippen LogP contribution is -2.46. The Morgan fingerprint density at radius 1 is 1.42 bits per heavy atom. The summed E-state index contributed by atoms with van der Waals surface area (Å²) in [5.41, 5.74) is 0.108. The number of carbonyl (C=O) groups is 1. The minimum absolute atomic E-state index is 0.234. The molecule has 100 valence electrons. The maximum atomic E-state index is 12.1.